The van der Waals surface area contributed by atoms with E-state index in [0.717, 1.165) is 6.07 Å². The average Bonchev–Trinajstić information content (AvgIpc) is 2.60. The van der Waals surface area contributed by atoms with Crippen molar-refractivity contribution < 1.29 is 17.8 Å². The summed E-state index contributed by atoms with van der Waals surface area (Å²) in [6, 6.07) is 9.31. The van der Waals surface area contributed by atoms with E-state index < -0.39 is 28.7 Å². The van der Waals surface area contributed by atoms with E-state index in [9.17, 15) is 17.8 Å². The Morgan fingerprint density at radius 3 is 2.69 bits per heavy atom. The van der Waals surface area contributed by atoms with Gasteiger partial charge in [0.1, 0.15) is 17.3 Å². The van der Waals surface area contributed by atoms with Crippen LogP contribution in [0.25, 0.3) is 0 Å². The Morgan fingerprint density at radius 2 is 2.00 bits per heavy atom. The summed E-state index contributed by atoms with van der Waals surface area (Å²) in [6.07, 6.45) is 1.40. The van der Waals surface area contributed by atoms with Crippen molar-refractivity contribution in [3.63, 3.8) is 0 Å². The van der Waals surface area contributed by atoms with Crippen LogP contribution in [0, 0.1) is 11.6 Å². The molecule has 1 amide bonds. The third kappa shape index (κ3) is 3.81. The van der Waals surface area contributed by atoms with Crippen LogP contribution in [0.4, 0.5) is 14.5 Å². The highest BCUT2D eigenvalue weighted by Crippen LogP contribution is 2.22. The number of amides is 1. The predicted molar refractivity (Wildman–Crippen MR) is 97.0 cm³/mol. The van der Waals surface area contributed by atoms with Gasteiger partial charge in [0.2, 0.25) is 11.2 Å². The van der Waals surface area contributed by atoms with E-state index in [1.807, 2.05) is 0 Å². The Morgan fingerprint density at radius 1 is 1.23 bits per heavy atom. The molecule has 0 bridgehead atoms. The molecule has 26 heavy (non-hydrogen) atoms. The smallest absolute Gasteiger partial charge is 0.272 e. The van der Waals surface area contributed by atoms with Crippen LogP contribution in [0.15, 0.2) is 58.6 Å². The molecule has 134 valence electrons. The highest BCUT2D eigenvalue weighted by Gasteiger charge is 2.25. The number of hydrogen-bond donors (Lipinski definition) is 1. The maximum Gasteiger partial charge on any atom is 0.272 e. The number of nitrogens with zero attached hydrogens (tertiary/aromatic N) is 2. The van der Waals surface area contributed by atoms with Gasteiger partial charge in [0.25, 0.3) is 5.91 Å². The van der Waals surface area contributed by atoms with E-state index in [1.54, 1.807) is 6.07 Å². The van der Waals surface area contributed by atoms with Gasteiger partial charge < -0.3 is 5.32 Å². The van der Waals surface area contributed by atoms with Gasteiger partial charge in [0, 0.05) is 18.3 Å². The van der Waals surface area contributed by atoms with Crippen molar-refractivity contribution >= 4 is 40.1 Å². The molecule has 0 aromatic heterocycles. The van der Waals surface area contributed by atoms with Gasteiger partial charge >= 0.3 is 0 Å². The molecule has 0 fully saturated rings. The maximum absolute atomic E-state index is 13.4. The summed E-state index contributed by atoms with van der Waals surface area (Å²) in [4.78, 5) is 12.5. The standard InChI is InChI=1S/C17H12ClF2N3O2S/c1-23-16(17(24)21-12-5-6-14(20)13(18)8-12)9-15(22-26(23)25)10-3-2-4-11(19)7-10/h2-9H,1H3,(H,21,24). The topological polar surface area (TPSA) is 61.8 Å². The fourth-order valence-electron chi connectivity index (χ4n) is 2.24. The van der Waals surface area contributed by atoms with Crippen molar-refractivity contribution in [2.45, 2.75) is 0 Å². The third-order valence-corrected chi connectivity index (χ3v) is 4.86. The molecule has 3 rings (SSSR count). The number of carbonyl (C=O) groups excluding carboxylic acids is 1. The number of rotatable bonds is 3. The lowest BCUT2D eigenvalue weighted by Gasteiger charge is -2.22. The second-order valence-corrected chi connectivity index (χ2v) is 6.93. The van der Waals surface area contributed by atoms with Gasteiger partial charge in [0.15, 0.2) is 0 Å². The van der Waals surface area contributed by atoms with E-state index in [4.69, 9.17) is 11.6 Å². The number of halogens is 3. The van der Waals surface area contributed by atoms with Crippen molar-refractivity contribution in [2.24, 2.45) is 4.40 Å². The van der Waals surface area contributed by atoms with Crippen molar-refractivity contribution in [2.75, 3.05) is 12.4 Å². The molecular formula is C17H12ClF2N3O2S. The van der Waals surface area contributed by atoms with Crippen LogP contribution in [0.2, 0.25) is 5.02 Å². The van der Waals surface area contributed by atoms with Crippen LogP contribution in [0.1, 0.15) is 5.56 Å². The minimum absolute atomic E-state index is 0.0537. The Kier molecular flexibility index (Phi) is 5.15. The van der Waals surface area contributed by atoms with Gasteiger partial charge in [-0.25, -0.2) is 13.0 Å². The number of allylic oxidation sites excluding steroid dienone is 1. The maximum atomic E-state index is 13.4. The molecule has 9 heteroatoms. The number of benzene rings is 2. The monoisotopic (exact) mass is 395 g/mol. The third-order valence-electron chi connectivity index (χ3n) is 3.55. The molecule has 2 aromatic rings. The first-order valence-electron chi connectivity index (χ1n) is 7.33. The van der Waals surface area contributed by atoms with E-state index >= 15 is 0 Å². The molecule has 0 aliphatic carbocycles. The Labute approximate surface area is 155 Å². The highest BCUT2D eigenvalue weighted by atomic mass is 35.5. The summed E-state index contributed by atoms with van der Waals surface area (Å²) in [5.74, 6) is -1.68. The average molecular weight is 396 g/mol. The quantitative estimate of drug-likeness (QED) is 0.865. The van der Waals surface area contributed by atoms with Crippen molar-refractivity contribution in [1.82, 2.24) is 4.31 Å². The van der Waals surface area contributed by atoms with Crippen LogP contribution >= 0.6 is 11.6 Å². The zero-order valence-corrected chi connectivity index (χ0v) is 14.9. The molecule has 2 aromatic carbocycles. The van der Waals surface area contributed by atoms with Crippen LogP contribution in [0.3, 0.4) is 0 Å². The van der Waals surface area contributed by atoms with Crippen LogP contribution < -0.4 is 5.32 Å². The lowest BCUT2D eigenvalue weighted by Crippen LogP contribution is -2.32. The molecule has 0 saturated heterocycles. The molecule has 1 aliphatic heterocycles. The number of nitrogens with one attached hydrogen (secondary N) is 1. The zero-order valence-electron chi connectivity index (χ0n) is 13.4. The fraction of sp³-hybridized carbons (Fsp3) is 0.0588. The largest absolute Gasteiger partial charge is 0.321 e. The summed E-state index contributed by atoms with van der Waals surface area (Å²) < 4.78 is 44.0. The van der Waals surface area contributed by atoms with Gasteiger partial charge in [-0.1, -0.05) is 23.7 Å². The molecule has 1 unspecified atom stereocenters. The second kappa shape index (κ2) is 7.35. The summed E-state index contributed by atoms with van der Waals surface area (Å²) in [5.41, 5.74) is 0.930. The Bertz CT molecular complexity index is 978. The molecular weight excluding hydrogens is 384 g/mol. The molecule has 5 nitrogen and oxygen atoms in total. The highest BCUT2D eigenvalue weighted by molar-refractivity contribution is 7.81. The molecule has 0 saturated carbocycles. The molecule has 1 N–H and O–H groups in total. The lowest BCUT2D eigenvalue weighted by atomic mass is 10.1. The van der Waals surface area contributed by atoms with Gasteiger partial charge in [-0.15, -0.1) is 0 Å². The first kappa shape index (κ1) is 18.2. The van der Waals surface area contributed by atoms with E-state index in [1.165, 1.54) is 47.8 Å². The normalized spacial score (nSPS) is 16.8. The summed E-state index contributed by atoms with van der Waals surface area (Å²) >= 11 is 3.84. The summed E-state index contributed by atoms with van der Waals surface area (Å²) in [6.45, 7) is 0. The number of hydrogen-bond acceptors (Lipinski definition) is 2. The SMILES string of the molecule is CN1C(C(=O)Nc2ccc(F)c(Cl)c2)=CC(c2cccc(F)c2)=NS1=O. The van der Waals surface area contributed by atoms with E-state index in [2.05, 4.69) is 9.71 Å². The zero-order chi connectivity index (χ0) is 18.8. The van der Waals surface area contributed by atoms with Crippen molar-refractivity contribution in [1.29, 1.82) is 0 Å². The summed E-state index contributed by atoms with van der Waals surface area (Å²) in [5, 5.41) is 2.41. The Balaban J connectivity index is 1.91. The van der Waals surface area contributed by atoms with E-state index in [0.29, 0.717) is 5.56 Å². The molecule has 0 spiro atoms. The first-order valence-corrected chi connectivity index (χ1v) is 8.78. The Hall–Kier alpha value is -2.58. The predicted octanol–water partition coefficient (Wildman–Crippen LogP) is 3.45. The summed E-state index contributed by atoms with van der Waals surface area (Å²) in [7, 11) is 1.44. The fourth-order valence-corrected chi connectivity index (χ4v) is 3.17. The van der Waals surface area contributed by atoms with Crippen LogP contribution in [-0.4, -0.2) is 27.2 Å². The van der Waals surface area contributed by atoms with Gasteiger partial charge in [-0.05, 0) is 36.4 Å². The molecule has 1 heterocycles. The first-order chi connectivity index (χ1) is 12.3. The number of likely N-dealkylation sites (N-methyl/N-ethyl adjacent to an activating group) is 1. The minimum atomic E-state index is -1.86. The number of anilines is 1. The van der Waals surface area contributed by atoms with Gasteiger partial charge in [-0.3, -0.25) is 9.10 Å². The van der Waals surface area contributed by atoms with Crippen molar-refractivity contribution in [3.8, 4) is 0 Å². The van der Waals surface area contributed by atoms with Gasteiger partial charge in [0.05, 0.1) is 10.7 Å². The van der Waals surface area contributed by atoms with Gasteiger partial charge in [-0.2, -0.15) is 4.40 Å². The van der Waals surface area contributed by atoms with Crippen LogP contribution in [0.5, 0.6) is 0 Å². The molecule has 1 atom stereocenters. The lowest BCUT2D eigenvalue weighted by molar-refractivity contribution is -0.113. The minimum Gasteiger partial charge on any atom is -0.321 e. The van der Waals surface area contributed by atoms with Crippen molar-refractivity contribution in [3.05, 3.63) is 76.5 Å². The van der Waals surface area contributed by atoms with E-state index in [-0.39, 0.29) is 22.1 Å². The molecule has 0 radical (unpaired) electrons. The van der Waals surface area contributed by atoms with Crippen LogP contribution in [-0.2, 0) is 16.0 Å². The second-order valence-electron chi connectivity index (χ2n) is 5.33. The molecule has 1 aliphatic rings. The number of carbonyl (C=O) groups is 1.